The van der Waals surface area contributed by atoms with Gasteiger partial charge in [0.1, 0.15) is 5.82 Å². The minimum absolute atomic E-state index is 0.126. The van der Waals surface area contributed by atoms with E-state index in [1.165, 1.54) is 44.2 Å². The summed E-state index contributed by atoms with van der Waals surface area (Å²) in [7, 11) is 0. The first-order valence-corrected chi connectivity index (χ1v) is 10.6. The number of aryl methyl sites for hydroxylation is 1. The molecule has 1 atom stereocenters. The maximum atomic E-state index is 4.96. The molecule has 0 saturated heterocycles. The largest absolute Gasteiger partial charge is 0.354 e. The lowest BCUT2D eigenvalue weighted by Crippen LogP contribution is -2.35. The molecule has 1 unspecified atom stereocenters. The van der Waals surface area contributed by atoms with E-state index in [2.05, 4.69) is 41.4 Å². The van der Waals surface area contributed by atoms with E-state index in [0.717, 1.165) is 49.2 Å². The van der Waals surface area contributed by atoms with Crippen molar-refractivity contribution in [2.75, 3.05) is 31.5 Å². The molecule has 4 heterocycles. The van der Waals surface area contributed by atoms with Gasteiger partial charge in [-0.15, -0.1) is 0 Å². The summed E-state index contributed by atoms with van der Waals surface area (Å²) in [6.45, 7) is 6.60. The molecule has 6 rings (SSSR count). The Hall–Kier alpha value is -2.01. The Morgan fingerprint density at radius 1 is 1.11 bits per heavy atom. The fourth-order valence-corrected chi connectivity index (χ4v) is 4.57. The smallest absolute Gasteiger partial charge is 0.226 e. The van der Waals surface area contributed by atoms with E-state index in [1.54, 1.807) is 0 Å². The minimum atomic E-state index is 0.126. The van der Waals surface area contributed by atoms with E-state index in [-0.39, 0.29) is 5.41 Å². The van der Waals surface area contributed by atoms with Crippen LogP contribution in [0.5, 0.6) is 0 Å². The Morgan fingerprint density at radius 3 is 2.74 bits per heavy atom. The Bertz CT molecular complexity index is 812. The monoisotopic (exact) mass is 363 g/mol. The van der Waals surface area contributed by atoms with Gasteiger partial charge < -0.3 is 10.2 Å². The number of aromatic nitrogens is 3. The molecule has 1 aromatic carbocycles. The second kappa shape index (κ2) is 6.86. The van der Waals surface area contributed by atoms with E-state index < -0.39 is 0 Å². The number of benzene rings is 1. The topological polar surface area (TPSA) is 53.9 Å². The van der Waals surface area contributed by atoms with Crippen molar-refractivity contribution in [1.29, 1.82) is 0 Å². The Balaban J connectivity index is 1.63. The molecule has 1 spiro atoms. The van der Waals surface area contributed by atoms with Gasteiger partial charge in [0, 0.05) is 24.1 Å². The van der Waals surface area contributed by atoms with Crippen LogP contribution in [-0.4, -0.2) is 46.0 Å². The van der Waals surface area contributed by atoms with Crippen LogP contribution >= 0.6 is 0 Å². The van der Waals surface area contributed by atoms with Crippen molar-refractivity contribution in [3.8, 4) is 11.4 Å². The Labute approximate surface area is 161 Å². The van der Waals surface area contributed by atoms with Crippen molar-refractivity contribution >= 4 is 5.95 Å². The predicted octanol–water partition coefficient (Wildman–Crippen LogP) is 3.66. The van der Waals surface area contributed by atoms with Crippen LogP contribution in [0.1, 0.15) is 50.4 Å². The van der Waals surface area contributed by atoms with Gasteiger partial charge in [0.15, 0.2) is 5.82 Å². The molecule has 1 aromatic heterocycles. The first-order valence-electron chi connectivity index (χ1n) is 10.6. The van der Waals surface area contributed by atoms with Crippen molar-refractivity contribution in [3.05, 3.63) is 35.7 Å². The quantitative estimate of drug-likeness (QED) is 0.838. The maximum Gasteiger partial charge on any atom is 0.226 e. The molecular weight excluding hydrogens is 334 g/mol. The van der Waals surface area contributed by atoms with Crippen LogP contribution in [0.15, 0.2) is 24.3 Å². The molecule has 1 fully saturated rings. The Morgan fingerprint density at radius 2 is 1.96 bits per heavy atom. The number of nitrogens with one attached hydrogen (secondary N) is 1. The molecule has 3 aliphatic heterocycles. The van der Waals surface area contributed by atoms with Gasteiger partial charge in [-0.1, -0.05) is 31.2 Å². The molecule has 1 saturated carbocycles. The molecule has 2 aromatic rings. The van der Waals surface area contributed by atoms with E-state index in [1.807, 2.05) is 0 Å². The van der Waals surface area contributed by atoms with Gasteiger partial charge in [0.2, 0.25) is 5.95 Å². The second-order valence-electron chi connectivity index (χ2n) is 8.58. The normalized spacial score (nSPS) is 24.1. The SMILES string of the molecule is CCN1CCC2CCCc3ccc(cc3)-c3nc(nc(n3)C3(CC3)C1)NC2. The fourth-order valence-electron chi connectivity index (χ4n) is 4.57. The third kappa shape index (κ3) is 3.45. The molecule has 1 aliphatic carbocycles. The van der Waals surface area contributed by atoms with Gasteiger partial charge in [-0.25, -0.2) is 4.98 Å². The number of rotatable bonds is 1. The average molecular weight is 364 g/mol. The van der Waals surface area contributed by atoms with Gasteiger partial charge in [-0.3, -0.25) is 0 Å². The van der Waals surface area contributed by atoms with Crippen LogP contribution < -0.4 is 5.32 Å². The highest BCUT2D eigenvalue weighted by Gasteiger charge is 2.48. The van der Waals surface area contributed by atoms with Crippen LogP contribution in [0.25, 0.3) is 11.4 Å². The zero-order valence-electron chi connectivity index (χ0n) is 16.2. The molecule has 0 radical (unpaired) electrons. The van der Waals surface area contributed by atoms with Crippen molar-refractivity contribution in [2.45, 2.75) is 50.9 Å². The molecule has 5 heteroatoms. The van der Waals surface area contributed by atoms with E-state index in [0.29, 0.717) is 5.92 Å². The van der Waals surface area contributed by atoms with Crippen molar-refractivity contribution in [2.24, 2.45) is 5.92 Å². The lowest BCUT2D eigenvalue weighted by Gasteiger charge is -2.27. The molecule has 1 N–H and O–H groups in total. The number of hydrogen-bond acceptors (Lipinski definition) is 5. The standard InChI is InChI=1S/C22H29N5/c1-2-27-13-10-17-5-3-4-16-6-8-18(9-7-16)19-24-20(22(15-27)11-12-22)26-21(25-19)23-14-17/h6-9,17H,2-5,10-15H2,1H3,(H,23,24,25,26). The zero-order chi connectivity index (χ0) is 18.3. The predicted molar refractivity (Wildman–Crippen MR) is 108 cm³/mol. The van der Waals surface area contributed by atoms with E-state index in [4.69, 9.17) is 15.0 Å². The van der Waals surface area contributed by atoms with Crippen molar-refractivity contribution < 1.29 is 0 Å². The highest BCUT2D eigenvalue weighted by atomic mass is 15.2. The summed E-state index contributed by atoms with van der Waals surface area (Å²) in [5, 5.41) is 3.57. The third-order valence-corrected chi connectivity index (χ3v) is 6.63. The summed E-state index contributed by atoms with van der Waals surface area (Å²) in [5.74, 6) is 3.24. The summed E-state index contributed by atoms with van der Waals surface area (Å²) >= 11 is 0. The first-order chi connectivity index (χ1) is 13.2. The third-order valence-electron chi connectivity index (χ3n) is 6.63. The lowest BCUT2D eigenvalue weighted by molar-refractivity contribution is 0.237. The summed E-state index contributed by atoms with van der Waals surface area (Å²) in [6.07, 6.45) is 7.26. The van der Waals surface area contributed by atoms with Crippen LogP contribution in [0.3, 0.4) is 0 Å². The van der Waals surface area contributed by atoms with Gasteiger partial charge >= 0.3 is 0 Å². The highest BCUT2D eigenvalue weighted by molar-refractivity contribution is 5.57. The number of likely N-dealkylation sites (N-methyl/N-ethyl adjacent to an activating group) is 1. The summed E-state index contributed by atoms with van der Waals surface area (Å²) < 4.78 is 0. The van der Waals surface area contributed by atoms with Crippen LogP contribution in [-0.2, 0) is 11.8 Å². The minimum Gasteiger partial charge on any atom is -0.354 e. The summed E-state index contributed by atoms with van der Waals surface area (Å²) in [6, 6.07) is 8.85. The molecule has 0 amide bonds. The van der Waals surface area contributed by atoms with Gasteiger partial charge in [0.05, 0.1) is 0 Å². The molecule has 6 bridgehead atoms. The fraction of sp³-hybridized carbons (Fsp3) is 0.591. The van der Waals surface area contributed by atoms with Crippen LogP contribution in [0, 0.1) is 5.92 Å². The maximum absolute atomic E-state index is 4.96. The second-order valence-corrected chi connectivity index (χ2v) is 8.58. The molecule has 27 heavy (non-hydrogen) atoms. The van der Waals surface area contributed by atoms with Crippen molar-refractivity contribution in [3.63, 3.8) is 0 Å². The molecular formula is C22H29N5. The zero-order valence-corrected chi connectivity index (χ0v) is 16.2. The molecule has 4 aliphatic rings. The number of fused-ring (bicyclic) bond motifs is 6. The van der Waals surface area contributed by atoms with E-state index in [9.17, 15) is 0 Å². The lowest BCUT2D eigenvalue weighted by atomic mass is 9.95. The number of anilines is 1. The highest BCUT2D eigenvalue weighted by Crippen LogP contribution is 2.48. The van der Waals surface area contributed by atoms with E-state index >= 15 is 0 Å². The van der Waals surface area contributed by atoms with Crippen LogP contribution in [0.2, 0.25) is 0 Å². The van der Waals surface area contributed by atoms with Gasteiger partial charge in [-0.2, -0.15) is 9.97 Å². The van der Waals surface area contributed by atoms with Gasteiger partial charge in [0.25, 0.3) is 0 Å². The van der Waals surface area contributed by atoms with Gasteiger partial charge in [-0.05, 0) is 63.1 Å². The first kappa shape index (κ1) is 17.1. The average Bonchev–Trinajstić information content (AvgIpc) is 3.48. The summed E-state index contributed by atoms with van der Waals surface area (Å²) in [4.78, 5) is 17.3. The number of hydrogen-bond donors (Lipinski definition) is 1. The molecule has 142 valence electrons. The Kier molecular flexibility index (Phi) is 4.35. The molecule has 5 nitrogen and oxygen atoms in total. The summed E-state index contributed by atoms with van der Waals surface area (Å²) in [5.41, 5.74) is 2.64. The van der Waals surface area contributed by atoms with Crippen molar-refractivity contribution in [1.82, 2.24) is 19.9 Å². The van der Waals surface area contributed by atoms with Crippen LogP contribution in [0.4, 0.5) is 5.95 Å². The number of nitrogens with zero attached hydrogens (tertiary/aromatic N) is 4.